The minimum Gasteiger partial charge on any atom is -0.368 e. The van der Waals surface area contributed by atoms with Crippen LogP contribution in [0.3, 0.4) is 0 Å². The molecule has 0 amide bonds. The number of rotatable bonds is 13. The number of ketones is 2. The molecule has 0 spiro atoms. The van der Waals surface area contributed by atoms with E-state index >= 15 is 0 Å². The zero-order valence-corrected chi connectivity index (χ0v) is 23.4. The van der Waals surface area contributed by atoms with Gasteiger partial charge in [0.05, 0.1) is 19.8 Å². The standard InChI is InChI=1S/C35H34O7/c1-38-35-34(41-24-27-18-10-4-11-19-27)33(40-23-26-16-8-3-9-17-26)32(39-22-25-14-6-2-7-15-25)31(42-35)30(37)29(36)28-20-12-5-13-21-28/h2-21,31-35H,22-24H2,1H3/t31-,32+,33+,34-,35+/m1/s1. The third-order valence-corrected chi connectivity index (χ3v) is 7.10. The Labute approximate surface area is 246 Å². The molecule has 7 nitrogen and oxygen atoms in total. The van der Waals surface area contributed by atoms with E-state index < -0.39 is 42.3 Å². The average molecular weight is 567 g/mol. The Morgan fingerprint density at radius 3 is 1.43 bits per heavy atom. The minimum absolute atomic E-state index is 0.173. The molecule has 0 saturated carbocycles. The van der Waals surface area contributed by atoms with Crippen LogP contribution in [-0.2, 0) is 48.3 Å². The quantitative estimate of drug-likeness (QED) is 0.155. The van der Waals surface area contributed by atoms with Gasteiger partial charge in [-0.15, -0.1) is 0 Å². The van der Waals surface area contributed by atoms with Crippen molar-refractivity contribution >= 4 is 11.6 Å². The summed E-state index contributed by atoms with van der Waals surface area (Å²) in [7, 11) is 1.48. The fourth-order valence-corrected chi connectivity index (χ4v) is 4.92. The lowest BCUT2D eigenvalue weighted by molar-refractivity contribution is -0.310. The van der Waals surface area contributed by atoms with Crippen molar-refractivity contribution < 1.29 is 33.3 Å². The number of benzene rings is 4. The highest BCUT2D eigenvalue weighted by Gasteiger charge is 2.52. The molecule has 0 bridgehead atoms. The van der Waals surface area contributed by atoms with Gasteiger partial charge in [-0.2, -0.15) is 0 Å². The van der Waals surface area contributed by atoms with E-state index in [1.165, 1.54) is 7.11 Å². The number of ether oxygens (including phenoxy) is 5. The first-order chi connectivity index (χ1) is 20.6. The Kier molecular flexibility index (Phi) is 10.4. The number of methoxy groups -OCH3 is 1. The maximum atomic E-state index is 13.8. The Balaban J connectivity index is 1.48. The number of Topliss-reactive ketones (excluding diaryl/α,β-unsaturated/α-hetero) is 2. The lowest BCUT2D eigenvalue weighted by Crippen LogP contribution is -2.63. The first kappa shape index (κ1) is 29.5. The Morgan fingerprint density at radius 1 is 0.571 bits per heavy atom. The van der Waals surface area contributed by atoms with Crippen LogP contribution in [0.1, 0.15) is 27.0 Å². The molecule has 1 heterocycles. The first-order valence-corrected chi connectivity index (χ1v) is 13.9. The van der Waals surface area contributed by atoms with E-state index in [4.69, 9.17) is 23.7 Å². The fraction of sp³-hybridized carbons (Fsp3) is 0.257. The predicted molar refractivity (Wildman–Crippen MR) is 157 cm³/mol. The molecule has 0 radical (unpaired) electrons. The van der Waals surface area contributed by atoms with E-state index in [1.54, 1.807) is 30.3 Å². The maximum absolute atomic E-state index is 13.8. The van der Waals surface area contributed by atoms with E-state index in [2.05, 4.69) is 0 Å². The van der Waals surface area contributed by atoms with Crippen molar-refractivity contribution in [2.24, 2.45) is 0 Å². The molecule has 42 heavy (non-hydrogen) atoms. The highest BCUT2D eigenvalue weighted by Crippen LogP contribution is 2.32. The monoisotopic (exact) mass is 566 g/mol. The molecule has 0 aromatic heterocycles. The Bertz CT molecular complexity index is 1400. The number of carbonyl (C=O) groups is 2. The lowest BCUT2D eigenvalue weighted by atomic mass is 9.92. The summed E-state index contributed by atoms with van der Waals surface area (Å²) in [6.45, 7) is 0.658. The molecule has 216 valence electrons. The van der Waals surface area contributed by atoms with Crippen molar-refractivity contribution in [2.45, 2.75) is 50.5 Å². The van der Waals surface area contributed by atoms with E-state index in [0.717, 1.165) is 16.7 Å². The number of hydrogen-bond donors (Lipinski definition) is 0. The summed E-state index contributed by atoms with van der Waals surface area (Å²) in [6, 6.07) is 37.4. The summed E-state index contributed by atoms with van der Waals surface area (Å²) in [5.41, 5.74) is 3.06. The molecule has 1 aliphatic rings. The average Bonchev–Trinajstić information content (AvgIpc) is 3.06. The summed E-state index contributed by atoms with van der Waals surface area (Å²) in [5, 5.41) is 0. The van der Waals surface area contributed by atoms with Crippen LogP contribution in [0.25, 0.3) is 0 Å². The number of hydrogen-bond acceptors (Lipinski definition) is 7. The van der Waals surface area contributed by atoms with E-state index in [1.807, 2.05) is 91.0 Å². The van der Waals surface area contributed by atoms with Crippen molar-refractivity contribution in [1.82, 2.24) is 0 Å². The SMILES string of the molecule is CO[C@H]1O[C@H](C(=O)C(=O)c2ccccc2)[C@H](OCc2ccccc2)[C@H](OCc2ccccc2)[C@H]1OCc1ccccc1. The Morgan fingerprint density at radius 2 is 0.976 bits per heavy atom. The first-order valence-electron chi connectivity index (χ1n) is 13.9. The highest BCUT2D eigenvalue weighted by atomic mass is 16.7. The predicted octanol–water partition coefficient (Wildman–Crippen LogP) is 5.57. The van der Waals surface area contributed by atoms with Crippen LogP contribution in [0, 0.1) is 0 Å². The molecule has 1 fully saturated rings. The van der Waals surface area contributed by atoms with Gasteiger partial charge in [-0.1, -0.05) is 121 Å². The van der Waals surface area contributed by atoms with E-state index in [-0.39, 0.29) is 25.4 Å². The van der Waals surface area contributed by atoms with Crippen molar-refractivity contribution in [3.05, 3.63) is 144 Å². The molecule has 1 saturated heterocycles. The van der Waals surface area contributed by atoms with Crippen LogP contribution in [0.2, 0.25) is 0 Å². The van der Waals surface area contributed by atoms with Gasteiger partial charge >= 0.3 is 0 Å². The smallest absolute Gasteiger partial charge is 0.234 e. The second-order valence-corrected chi connectivity index (χ2v) is 10.0. The molecule has 1 aliphatic heterocycles. The van der Waals surface area contributed by atoms with Crippen LogP contribution in [0.15, 0.2) is 121 Å². The van der Waals surface area contributed by atoms with E-state index in [9.17, 15) is 9.59 Å². The fourth-order valence-electron chi connectivity index (χ4n) is 4.92. The van der Waals surface area contributed by atoms with Gasteiger partial charge in [0.15, 0.2) is 12.4 Å². The molecule has 0 aliphatic carbocycles. The minimum atomic E-state index is -1.29. The summed E-state index contributed by atoms with van der Waals surface area (Å²) < 4.78 is 31.2. The van der Waals surface area contributed by atoms with Crippen LogP contribution in [0.4, 0.5) is 0 Å². The van der Waals surface area contributed by atoms with Crippen LogP contribution < -0.4 is 0 Å². The lowest BCUT2D eigenvalue weighted by Gasteiger charge is -2.44. The van der Waals surface area contributed by atoms with Gasteiger partial charge in [-0.3, -0.25) is 9.59 Å². The summed E-state index contributed by atoms with van der Waals surface area (Å²) in [5.74, 6) is -1.41. The molecule has 0 unspecified atom stereocenters. The van der Waals surface area contributed by atoms with Gasteiger partial charge in [0.1, 0.15) is 18.3 Å². The Hall–Kier alpha value is -3.98. The second-order valence-electron chi connectivity index (χ2n) is 10.0. The maximum Gasteiger partial charge on any atom is 0.234 e. The molecule has 4 aromatic carbocycles. The number of carbonyl (C=O) groups excluding carboxylic acids is 2. The van der Waals surface area contributed by atoms with Gasteiger partial charge in [0.25, 0.3) is 0 Å². The van der Waals surface area contributed by atoms with Gasteiger partial charge in [0, 0.05) is 12.7 Å². The van der Waals surface area contributed by atoms with Crippen molar-refractivity contribution in [3.63, 3.8) is 0 Å². The van der Waals surface area contributed by atoms with Crippen LogP contribution in [-0.4, -0.2) is 49.4 Å². The van der Waals surface area contributed by atoms with Crippen LogP contribution in [0.5, 0.6) is 0 Å². The molecular weight excluding hydrogens is 532 g/mol. The van der Waals surface area contributed by atoms with Crippen molar-refractivity contribution in [3.8, 4) is 0 Å². The van der Waals surface area contributed by atoms with Gasteiger partial charge in [-0.05, 0) is 16.7 Å². The van der Waals surface area contributed by atoms with Crippen LogP contribution >= 0.6 is 0 Å². The molecule has 5 rings (SSSR count). The third kappa shape index (κ3) is 7.45. The molecule has 4 aromatic rings. The van der Waals surface area contributed by atoms with E-state index in [0.29, 0.717) is 0 Å². The van der Waals surface area contributed by atoms with Gasteiger partial charge in [0.2, 0.25) is 11.6 Å². The normalized spacial score (nSPS) is 22.0. The third-order valence-electron chi connectivity index (χ3n) is 7.10. The molecule has 5 atom stereocenters. The summed E-state index contributed by atoms with van der Waals surface area (Å²) in [4.78, 5) is 27.1. The largest absolute Gasteiger partial charge is 0.368 e. The van der Waals surface area contributed by atoms with Crippen molar-refractivity contribution in [1.29, 1.82) is 0 Å². The molecule has 0 N–H and O–H groups in total. The summed E-state index contributed by atoms with van der Waals surface area (Å²) >= 11 is 0. The summed E-state index contributed by atoms with van der Waals surface area (Å²) in [6.07, 6.45) is -4.84. The zero-order chi connectivity index (χ0) is 29.1. The molecular formula is C35H34O7. The molecule has 7 heteroatoms. The topological polar surface area (TPSA) is 80.3 Å². The van der Waals surface area contributed by atoms with Crippen molar-refractivity contribution in [2.75, 3.05) is 7.11 Å². The van der Waals surface area contributed by atoms with Gasteiger partial charge in [-0.25, -0.2) is 0 Å². The second kappa shape index (κ2) is 14.8. The van der Waals surface area contributed by atoms with Gasteiger partial charge < -0.3 is 23.7 Å². The highest BCUT2D eigenvalue weighted by molar-refractivity contribution is 6.45. The zero-order valence-electron chi connectivity index (χ0n) is 23.4.